The predicted octanol–water partition coefficient (Wildman–Crippen LogP) is 3.32. The largest absolute Gasteiger partial charge is 0.342 e. The summed E-state index contributed by atoms with van der Waals surface area (Å²) in [7, 11) is 4.46. The Morgan fingerprint density at radius 1 is 1.04 bits per heavy atom. The van der Waals surface area contributed by atoms with Gasteiger partial charge >= 0.3 is 0 Å². The average Bonchev–Trinajstić information content (AvgIpc) is 2.61. The molecule has 1 atom stereocenters. The van der Waals surface area contributed by atoms with Crippen molar-refractivity contribution in [2.24, 2.45) is 5.92 Å². The number of rotatable bonds is 3. The van der Waals surface area contributed by atoms with Crippen molar-refractivity contribution >= 4 is 17.5 Å². The van der Waals surface area contributed by atoms with Gasteiger partial charge in [-0.2, -0.15) is 0 Å². The van der Waals surface area contributed by atoms with Gasteiger partial charge in [-0.1, -0.05) is 37.6 Å². The maximum atomic E-state index is 13.3. The molecule has 0 aromatic heterocycles. The number of hydrogen-bond acceptors (Lipinski definition) is 3. The van der Waals surface area contributed by atoms with Gasteiger partial charge in [0.25, 0.3) is 0 Å². The molecule has 2 heterocycles. The third-order valence-electron chi connectivity index (χ3n) is 6.36. The molecule has 2 aliphatic heterocycles. The van der Waals surface area contributed by atoms with Gasteiger partial charge in [0.2, 0.25) is 5.91 Å². The molecule has 1 spiro atoms. The molecular weight excluding hydrogens is 346 g/mol. The van der Waals surface area contributed by atoms with Crippen LogP contribution in [0.15, 0.2) is 24.3 Å². The molecule has 1 aromatic rings. The molecule has 0 unspecified atom stereocenters. The van der Waals surface area contributed by atoms with Crippen molar-refractivity contribution in [3.05, 3.63) is 34.9 Å². The van der Waals surface area contributed by atoms with Crippen LogP contribution in [-0.2, 0) is 4.79 Å². The Balaban J connectivity index is 1.71. The number of halogens is 1. The van der Waals surface area contributed by atoms with Crippen molar-refractivity contribution in [1.29, 1.82) is 0 Å². The Labute approximate surface area is 163 Å². The maximum absolute atomic E-state index is 13.3. The number of piperidine rings is 1. The van der Waals surface area contributed by atoms with Crippen LogP contribution >= 0.6 is 11.6 Å². The van der Waals surface area contributed by atoms with Crippen LogP contribution in [0.5, 0.6) is 0 Å². The third kappa shape index (κ3) is 3.92. The van der Waals surface area contributed by atoms with E-state index >= 15 is 0 Å². The Bertz CT molecular complexity index is 623. The zero-order valence-electron chi connectivity index (χ0n) is 16.5. The minimum atomic E-state index is -0.0897. The number of hydrogen-bond donors (Lipinski definition) is 0. The highest BCUT2D eigenvalue weighted by Crippen LogP contribution is 2.34. The highest BCUT2D eigenvalue weighted by Gasteiger charge is 2.43. The number of likely N-dealkylation sites (N-methyl/N-ethyl adjacent to an activating group) is 2. The van der Waals surface area contributed by atoms with Gasteiger partial charge in [-0.05, 0) is 50.6 Å². The molecule has 1 aromatic carbocycles. The summed E-state index contributed by atoms with van der Waals surface area (Å²) in [6, 6.07) is 7.77. The summed E-state index contributed by atoms with van der Waals surface area (Å²) in [5.41, 5.74) is 1.31. The Hall–Kier alpha value is -1.10. The summed E-state index contributed by atoms with van der Waals surface area (Å²) in [6.45, 7) is 9.33. The SMILES string of the molecule is CC(C)[C@@H](C(=O)N1CCC2(CC1)CN(C)CCN2C)c1ccc(Cl)cc1. The molecule has 3 rings (SSSR count). The maximum Gasteiger partial charge on any atom is 0.230 e. The fourth-order valence-corrected chi connectivity index (χ4v) is 4.75. The second kappa shape index (κ2) is 7.87. The van der Waals surface area contributed by atoms with E-state index in [0.29, 0.717) is 5.02 Å². The molecule has 2 fully saturated rings. The van der Waals surface area contributed by atoms with E-state index in [-0.39, 0.29) is 23.3 Å². The van der Waals surface area contributed by atoms with Gasteiger partial charge in [0, 0.05) is 43.3 Å². The molecule has 2 saturated heterocycles. The molecule has 4 nitrogen and oxygen atoms in total. The van der Waals surface area contributed by atoms with E-state index in [1.807, 2.05) is 24.3 Å². The standard InChI is InChI=1S/C21H32ClN3O/c1-16(2)19(17-5-7-18(22)8-6-17)20(26)25-11-9-21(10-12-25)15-23(3)13-14-24(21)4/h5-8,16,19H,9-15H2,1-4H3/t19-/m1/s1. The molecule has 0 N–H and O–H groups in total. The van der Waals surface area contributed by atoms with Crippen LogP contribution in [-0.4, -0.2) is 73.0 Å². The van der Waals surface area contributed by atoms with Crippen LogP contribution in [0.3, 0.4) is 0 Å². The first kappa shape index (κ1) is 19.7. The van der Waals surface area contributed by atoms with Crippen LogP contribution in [0.1, 0.15) is 38.2 Å². The first-order chi connectivity index (χ1) is 12.3. The van der Waals surface area contributed by atoms with Gasteiger partial charge in [-0.15, -0.1) is 0 Å². The molecule has 0 radical (unpaired) electrons. The van der Waals surface area contributed by atoms with Crippen molar-refractivity contribution in [3.8, 4) is 0 Å². The van der Waals surface area contributed by atoms with E-state index in [9.17, 15) is 4.79 Å². The fraction of sp³-hybridized carbons (Fsp3) is 0.667. The Morgan fingerprint density at radius 3 is 2.23 bits per heavy atom. The lowest BCUT2D eigenvalue weighted by Crippen LogP contribution is -2.64. The van der Waals surface area contributed by atoms with Crippen LogP contribution in [0.25, 0.3) is 0 Å². The molecule has 5 heteroatoms. The lowest BCUT2D eigenvalue weighted by Gasteiger charge is -2.52. The molecule has 0 bridgehead atoms. The molecule has 0 saturated carbocycles. The van der Waals surface area contributed by atoms with E-state index in [1.54, 1.807) is 0 Å². The summed E-state index contributed by atoms with van der Waals surface area (Å²) in [4.78, 5) is 20.4. The average molecular weight is 378 g/mol. The van der Waals surface area contributed by atoms with E-state index in [1.165, 1.54) is 0 Å². The second-order valence-corrected chi connectivity index (χ2v) is 8.92. The van der Waals surface area contributed by atoms with Gasteiger partial charge < -0.3 is 9.80 Å². The third-order valence-corrected chi connectivity index (χ3v) is 6.61. The number of nitrogens with zero attached hydrogens (tertiary/aromatic N) is 3. The number of amides is 1. The van der Waals surface area contributed by atoms with Gasteiger partial charge in [0.05, 0.1) is 5.92 Å². The Kier molecular flexibility index (Phi) is 5.95. The summed E-state index contributed by atoms with van der Waals surface area (Å²) < 4.78 is 0. The highest BCUT2D eigenvalue weighted by atomic mass is 35.5. The molecule has 2 aliphatic rings. The highest BCUT2D eigenvalue weighted by molar-refractivity contribution is 6.30. The van der Waals surface area contributed by atoms with E-state index in [4.69, 9.17) is 11.6 Å². The molecular formula is C21H32ClN3O. The van der Waals surface area contributed by atoms with Crippen molar-refractivity contribution < 1.29 is 4.79 Å². The van der Waals surface area contributed by atoms with Gasteiger partial charge in [0.1, 0.15) is 0 Å². The van der Waals surface area contributed by atoms with Gasteiger partial charge in [0.15, 0.2) is 0 Å². The number of likely N-dealkylation sites (tertiary alicyclic amines) is 1. The van der Waals surface area contributed by atoms with Crippen molar-refractivity contribution in [2.45, 2.75) is 38.1 Å². The normalized spacial score (nSPS) is 22.8. The van der Waals surface area contributed by atoms with Crippen molar-refractivity contribution in [3.63, 3.8) is 0 Å². The first-order valence-electron chi connectivity index (χ1n) is 9.76. The minimum absolute atomic E-state index is 0.0897. The minimum Gasteiger partial charge on any atom is -0.342 e. The van der Waals surface area contributed by atoms with Crippen LogP contribution < -0.4 is 0 Å². The quantitative estimate of drug-likeness (QED) is 0.808. The number of carbonyl (C=O) groups is 1. The summed E-state index contributed by atoms with van der Waals surface area (Å²) in [5.74, 6) is 0.445. The van der Waals surface area contributed by atoms with E-state index in [2.05, 4.69) is 42.6 Å². The topological polar surface area (TPSA) is 26.8 Å². The molecule has 0 aliphatic carbocycles. The summed E-state index contributed by atoms with van der Waals surface area (Å²) in [5, 5.41) is 0.716. The summed E-state index contributed by atoms with van der Waals surface area (Å²) in [6.07, 6.45) is 2.12. The zero-order chi connectivity index (χ0) is 18.9. The zero-order valence-corrected chi connectivity index (χ0v) is 17.3. The van der Waals surface area contributed by atoms with Crippen molar-refractivity contribution in [1.82, 2.24) is 14.7 Å². The second-order valence-electron chi connectivity index (χ2n) is 8.48. The van der Waals surface area contributed by atoms with Crippen LogP contribution in [0.4, 0.5) is 0 Å². The van der Waals surface area contributed by atoms with Gasteiger partial charge in [-0.25, -0.2) is 0 Å². The molecule has 26 heavy (non-hydrogen) atoms. The summed E-state index contributed by atoms with van der Waals surface area (Å²) >= 11 is 6.03. The van der Waals surface area contributed by atoms with Gasteiger partial charge in [-0.3, -0.25) is 9.69 Å². The van der Waals surface area contributed by atoms with Crippen LogP contribution in [0, 0.1) is 5.92 Å². The van der Waals surface area contributed by atoms with E-state index < -0.39 is 0 Å². The van der Waals surface area contributed by atoms with Crippen LogP contribution in [0.2, 0.25) is 5.02 Å². The monoisotopic (exact) mass is 377 g/mol. The molecule has 144 valence electrons. The fourth-order valence-electron chi connectivity index (χ4n) is 4.62. The molecule has 1 amide bonds. The Morgan fingerprint density at radius 2 is 1.65 bits per heavy atom. The number of piperazine rings is 1. The predicted molar refractivity (Wildman–Crippen MR) is 108 cm³/mol. The van der Waals surface area contributed by atoms with E-state index in [0.717, 1.165) is 51.1 Å². The lowest BCUT2D eigenvalue weighted by molar-refractivity contribution is -0.137. The lowest BCUT2D eigenvalue weighted by atomic mass is 9.82. The number of carbonyl (C=O) groups excluding carboxylic acids is 1. The smallest absolute Gasteiger partial charge is 0.230 e. The number of benzene rings is 1. The first-order valence-corrected chi connectivity index (χ1v) is 10.1. The van der Waals surface area contributed by atoms with Crippen molar-refractivity contribution in [2.75, 3.05) is 46.8 Å².